The summed E-state index contributed by atoms with van der Waals surface area (Å²) in [5.74, 6) is 0.532. The van der Waals surface area contributed by atoms with E-state index in [-0.39, 0.29) is 29.8 Å². The van der Waals surface area contributed by atoms with Crippen LogP contribution in [0.2, 0.25) is 0 Å². The molecule has 1 unspecified atom stereocenters. The van der Waals surface area contributed by atoms with Crippen molar-refractivity contribution in [1.29, 1.82) is 0 Å². The smallest absolute Gasteiger partial charge is 0.191 e. The summed E-state index contributed by atoms with van der Waals surface area (Å²) in [6, 6.07) is 16.4. The third-order valence-corrected chi connectivity index (χ3v) is 5.93. The van der Waals surface area contributed by atoms with Gasteiger partial charge in [0.1, 0.15) is 5.82 Å². The Morgan fingerprint density at radius 2 is 1.85 bits per heavy atom. The number of morpholine rings is 1. The predicted molar refractivity (Wildman–Crippen MR) is 145 cm³/mol. The van der Waals surface area contributed by atoms with Crippen molar-refractivity contribution >= 4 is 35.6 Å². The van der Waals surface area contributed by atoms with Crippen molar-refractivity contribution in [2.45, 2.75) is 32.5 Å². The summed E-state index contributed by atoms with van der Waals surface area (Å²) in [5, 5.41) is 6.64. The third-order valence-electron chi connectivity index (χ3n) is 5.93. The van der Waals surface area contributed by atoms with Crippen LogP contribution < -0.4 is 15.5 Å². The van der Waals surface area contributed by atoms with Crippen LogP contribution in [0.25, 0.3) is 0 Å². The summed E-state index contributed by atoms with van der Waals surface area (Å²) < 4.78 is 20.0. The summed E-state index contributed by atoms with van der Waals surface area (Å²) in [6.45, 7) is 7.24. The third kappa shape index (κ3) is 8.75. The summed E-state index contributed by atoms with van der Waals surface area (Å²) in [4.78, 5) is 8.68. The second-order valence-corrected chi connectivity index (χ2v) is 8.28. The Morgan fingerprint density at radius 1 is 1.12 bits per heavy atom. The van der Waals surface area contributed by atoms with Crippen molar-refractivity contribution in [3.63, 3.8) is 0 Å². The van der Waals surface area contributed by atoms with Crippen molar-refractivity contribution in [3.8, 4) is 0 Å². The lowest BCUT2D eigenvalue weighted by Crippen LogP contribution is -2.39. The minimum absolute atomic E-state index is 0. The molecule has 1 atom stereocenters. The van der Waals surface area contributed by atoms with E-state index in [0.717, 1.165) is 44.1 Å². The molecule has 1 aliphatic heterocycles. The Balaban J connectivity index is 0.00000385. The fourth-order valence-electron chi connectivity index (χ4n) is 3.77. The maximum Gasteiger partial charge on any atom is 0.191 e. The molecular formula is C25H37FIN5O. The van der Waals surface area contributed by atoms with Gasteiger partial charge in [0.25, 0.3) is 0 Å². The lowest BCUT2D eigenvalue weighted by Gasteiger charge is -2.29. The van der Waals surface area contributed by atoms with Crippen LogP contribution in [0.15, 0.2) is 53.5 Å². The molecule has 2 N–H and O–H groups in total. The SMILES string of the molecule is CN=C(NCCC(C)N(C)Cc1ccccc1)NCc1ccc(N2CCOCC2)c(F)c1.I. The highest BCUT2D eigenvalue weighted by molar-refractivity contribution is 14.0. The average molecular weight is 570 g/mol. The number of halogens is 2. The molecule has 8 heteroatoms. The molecule has 2 aromatic carbocycles. The van der Waals surface area contributed by atoms with Crippen LogP contribution in [0.3, 0.4) is 0 Å². The number of nitrogens with zero attached hydrogens (tertiary/aromatic N) is 3. The van der Waals surface area contributed by atoms with Crippen LogP contribution in [-0.4, -0.2) is 63.8 Å². The van der Waals surface area contributed by atoms with E-state index in [4.69, 9.17) is 4.74 Å². The Morgan fingerprint density at radius 3 is 2.52 bits per heavy atom. The van der Waals surface area contributed by atoms with Gasteiger partial charge in [-0.25, -0.2) is 4.39 Å². The van der Waals surface area contributed by atoms with Crippen molar-refractivity contribution in [2.24, 2.45) is 4.99 Å². The molecule has 1 aliphatic rings. The lowest BCUT2D eigenvalue weighted by atomic mass is 10.1. The highest BCUT2D eigenvalue weighted by Gasteiger charge is 2.15. The molecule has 6 nitrogen and oxygen atoms in total. The van der Waals surface area contributed by atoms with E-state index in [2.05, 4.69) is 58.8 Å². The molecule has 3 rings (SSSR count). The zero-order valence-electron chi connectivity index (χ0n) is 19.9. The van der Waals surface area contributed by atoms with Gasteiger partial charge in [-0.05, 0) is 43.7 Å². The second-order valence-electron chi connectivity index (χ2n) is 8.28. The van der Waals surface area contributed by atoms with Gasteiger partial charge in [0, 0.05) is 45.8 Å². The summed E-state index contributed by atoms with van der Waals surface area (Å²) >= 11 is 0. The van der Waals surface area contributed by atoms with Crippen molar-refractivity contribution in [2.75, 3.05) is 51.8 Å². The highest BCUT2D eigenvalue weighted by atomic mass is 127. The molecule has 0 spiro atoms. The van der Waals surface area contributed by atoms with Crippen LogP contribution in [0, 0.1) is 5.82 Å². The van der Waals surface area contributed by atoms with E-state index in [1.807, 2.05) is 23.1 Å². The Kier molecular flexibility index (Phi) is 11.9. The average Bonchev–Trinajstić information content (AvgIpc) is 2.82. The molecule has 0 saturated carbocycles. The monoisotopic (exact) mass is 569 g/mol. The van der Waals surface area contributed by atoms with Gasteiger partial charge in [-0.15, -0.1) is 24.0 Å². The van der Waals surface area contributed by atoms with Gasteiger partial charge in [-0.1, -0.05) is 36.4 Å². The van der Waals surface area contributed by atoms with Crippen LogP contribution in [-0.2, 0) is 17.8 Å². The van der Waals surface area contributed by atoms with Gasteiger partial charge < -0.3 is 20.3 Å². The molecule has 2 aromatic rings. The Hall–Kier alpha value is -1.91. The van der Waals surface area contributed by atoms with E-state index < -0.39 is 0 Å². The summed E-state index contributed by atoms with van der Waals surface area (Å²) in [5.41, 5.74) is 2.85. The maximum atomic E-state index is 14.6. The highest BCUT2D eigenvalue weighted by Crippen LogP contribution is 2.21. The van der Waals surface area contributed by atoms with Gasteiger partial charge in [-0.3, -0.25) is 9.89 Å². The normalized spacial score (nSPS) is 15.2. The molecule has 0 radical (unpaired) electrons. The molecule has 1 fully saturated rings. The van der Waals surface area contributed by atoms with Crippen LogP contribution in [0.5, 0.6) is 0 Å². The van der Waals surface area contributed by atoms with Crippen molar-refractivity contribution in [1.82, 2.24) is 15.5 Å². The molecule has 1 heterocycles. The number of benzene rings is 2. The number of guanidine groups is 1. The number of nitrogens with one attached hydrogen (secondary N) is 2. The maximum absolute atomic E-state index is 14.6. The fraction of sp³-hybridized carbons (Fsp3) is 0.480. The minimum atomic E-state index is -0.190. The van der Waals surface area contributed by atoms with Gasteiger partial charge >= 0.3 is 0 Å². The quantitative estimate of drug-likeness (QED) is 0.273. The minimum Gasteiger partial charge on any atom is -0.378 e. The molecule has 0 bridgehead atoms. The van der Waals surface area contributed by atoms with Crippen LogP contribution in [0.1, 0.15) is 24.5 Å². The van der Waals surface area contributed by atoms with E-state index in [9.17, 15) is 4.39 Å². The zero-order valence-corrected chi connectivity index (χ0v) is 22.2. The van der Waals surface area contributed by atoms with Crippen molar-refractivity contribution in [3.05, 3.63) is 65.5 Å². The van der Waals surface area contributed by atoms with Gasteiger partial charge in [0.2, 0.25) is 0 Å². The fourth-order valence-corrected chi connectivity index (χ4v) is 3.77. The van der Waals surface area contributed by atoms with Crippen molar-refractivity contribution < 1.29 is 9.13 Å². The van der Waals surface area contributed by atoms with E-state index in [0.29, 0.717) is 31.5 Å². The standard InChI is InChI=1S/C25H36FN5O.HI/c1-20(30(3)19-21-7-5-4-6-8-21)11-12-28-25(27-2)29-18-22-9-10-24(23(26)17-22)31-13-15-32-16-14-31;/h4-10,17,20H,11-16,18-19H2,1-3H3,(H2,27,28,29);1H. The molecule has 0 amide bonds. The number of hydrogen-bond acceptors (Lipinski definition) is 4. The molecule has 33 heavy (non-hydrogen) atoms. The van der Waals surface area contributed by atoms with E-state index in [1.165, 1.54) is 5.56 Å². The summed E-state index contributed by atoms with van der Waals surface area (Å²) in [6.07, 6.45) is 0.993. The molecule has 0 aromatic heterocycles. The van der Waals surface area contributed by atoms with E-state index >= 15 is 0 Å². The first-order chi connectivity index (χ1) is 15.6. The zero-order chi connectivity index (χ0) is 22.8. The van der Waals surface area contributed by atoms with Gasteiger partial charge in [0.05, 0.1) is 18.9 Å². The van der Waals surface area contributed by atoms with Crippen LogP contribution in [0.4, 0.5) is 10.1 Å². The first-order valence-corrected chi connectivity index (χ1v) is 11.4. The number of hydrogen-bond donors (Lipinski definition) is 2. The first-order valence-electron chi connectivity index (χ1n) is 11.4. The molecule has 182 valence electrons. The topological polar surface area (TPSA) is 52.1 Å². The second kappa shape index (κ2) is 14.4. The van der Waals surface area contributed by atoms with Crippen LogP contribution >= 0.6 is 24.0 Å². The molecular weight excluding hydrogens is 532 g/mol. The Bertz CT molecular complexity index is 861. The molecule has 1 saturated heterocycles. The lowest BCUT2D eigenvalue weighted by molar-refractivity contribution is 0.122. The molecule has 0 aliphatic carbocycles. The first kappa shape index (κ1) is 27.3. The number of aliphatic imine (C=N–C) groups is 1. The Labute approximate surface area is 214 Å². The number of anilines is 1. The van der Waals surface area contributed by atoms with Gasteiger partial charge in [-0.2, -0.15) is 0 Å². The number of rotatable bonds is 9. The van der Waals surface area contributed by atoms with Gasteiger partial charge in [0.15, 0.2) is 5.96 Å². The summed E-state index contributed by atoms with van der Waals surface area (Å²) in [7, 11) is 3.91. The number of ether oxygens (including phenoxy) is 1. The van der Waals surface area contributed by atoms with E-state index in [1.54, 1.807) is 13.1 Å². The predicted octanol–water partition coefficient (Wildman–Crippen LogP) is 3.86. The largest absolute Gasteiger partial charge is 0.378 e.